The fraction of sp³-hybridized carbons (Fsp3) is 0.475. The maximum Gasteiger partial charge on any atom is 0.333 e. The fourth-order valence-corrected chi connectivity index (χ4v) is 13.8. The Morgan fingerprint density at radius 2 is 0.980 bits per heavy atom. The molecule has 4 atom stereocenters. The van der Waals surface area contributed by atoms with Crippen molar-refractivity contribution in [1.29, 1.82) is 0 Å². The number of aromatic amines is 1. The number of hydrogen-bond acceptors (Lipinski definition) is 12. The molecule has 5 N–H and O–H groups in total. The van der Waals surface area contributed by atoms with Gasteiger partial charge in [0.2, 0.25) is 11.8 Å². The van der Waals surface area contributed by atoms with Crippen molar-refractivity contribution >= 4 is 71.9 Å². The van der Waals surface area contributed by atoms with Gasteiger partial charge in [-0.25, -0.2) is 19.6 Å². The van der Waals surface area contributed by atoms with E-state index >= 15 is 0 Å². The summed E-state index contributed by atoms with van der Waals surface area (Å²) in [4.78, 5) is 68.1. The van der Waals surface area contributed by atoms with E-state index in [-0.39, 0.29) is 90.4 Å². The number of likely N-dealkylation sites (N-methyl/N-ethyl adjacent to an activating group) is 2. The minimum Gasteiger partial charge on any atom is -0.395 e. The lowest BCUT2D eigenvalue weighted by Crippen LogP contribution is -2.40. The number of para-hydroxylation sites is 8. The molecule has 0 bridgehead atoms. The Bertz CT molecular complexity index is 4210. The molecule has 2 saturated heterocycles. The number of carbonyl (C=O) groups excluding carboxylic acids is 2. The van der Waals surface area contributed by atoms with Crippen LogP contribution < -0.4 is 22.0 Å². The summed E-state index contributed by atoms with van der Waals surface area (Å²) in [6, 6.07) is 48.1. The first-order valence-electron chi connectivity index (χ1n) is 34.4. The van der Waals surface area contributed by atoms with E-state index < -0.39 is 0 Å². The zero-order chi connectivity index (χ0) is 68.6. The molecule has 20 nitrogen and oxygen atoms in total. The lowest BCUT2D eigenvalue weighted by molar-refractivity contribution is -0.134. The molecule has 0 radical (unpaired) electrons. The van der Waals surface area contributed by atoms with Crippen LogP contribution in [0.3, 0.4) is 0 Å². The second-order valence-corrected chi connectivity index (χ2v) is 26.5. The normalized spacial score (nSPS) is 14.8. The number of ether oxygens (including phenoxy) is 2. The molecular formula is C80H115BrN12O8. The predicted molar refractivity (Wildman–Crippen MR) is 418 cm³/mol. The summed E-state index contributed by atoms with van der Waals surface area (Å²) < 4.78 is 21.2. The number of carbonyl (C=O) groups is 2. The molecule has 6 aromatic carbocycles. The van der Waals surface area contributed by atoms with Gasteiger partial charge in [-0.1, -0.05) is 132 Å². The molecule has 12 rings (SSSR count). The summed E-state index contributed by atoms with van der Waals surface area (Å²) in [5, 5.41) is 24.2. The van der Waals surface area contributed by atoms with Crippen LogP contribution in [0, 0.1) is 11.8 Å². The maximum absolute atomic E-state index is 13.5. The van der Waals surface area contributed by atoms with E-state index in [1.807, 2.05) is 104 Å². The summed E-state index contributed by atoms with van der Waals surface area (Å²) in [5.74, 6) is 3.66. The summed E-state index contributed by atoms with van der Waals surface area (Å²) in [5.41, 5.74) is 10.5. The topological polar surface area (TPSA) is 224 Å². The molecule has 21 heteroatoms. The molecule has 2 fully saturated rings. The van der Waals surface area contributed by atoms with Crippen molar-refractivity contribution in [2.24, 2.45) is 11.8 Å². The lowest BCUT2D eigenvalue weighted by Gasteiger charge is -2.33. The van der Waals surface area contributed by atoms with Crippen LogP contribution in [0.4, 0.5) is 0 Å². The van der Waals surface area contributed by atoms with Crippen LogP contribution in [-0.4, -0.2) is 164 Å². The first-order chi connectivity index (χ1) is 47.3. The molecule has 2 aliphatic rings. The first kappa shape index (κ1) is 83.6. The van der Waals surface area contributed by atoms with Gasteiger partial charge in [-0.05, 0) is 161 Å². The van der Waals surface area contributed by atoms with Gasteiger partial charge in [0.15, 0.2) is 0 Å². The summed E-state index contributed by atoms with van der Waals surface area (Å²) >= 11 is 3.49. The number of benzene rings is 6. The maximum atomic E-state index is 13.5. The fourth-order valence-electron chi connectivity index (χ4n) is 13.5. The number of rotatable bonds is 26. The van der Waals surface area contributed by atoms with Gasteiger partial charge in [0.25, 0.3) is 0 Å². The monoisotopic (exact) mass is 1450 g/mol. The molecule has 6 heterocycles. The Hall–Kier alpha value is -8.02. The Kier molecular flexibility index (Phi) is 35.1. The lowest BCUT2D eigenvalue weighted by atomic mass is 9.94. The van der Waals surface area contributed by atoms with Crippen molar-refractivity contribution in [1.82, 2.24) is 58.2 Å². The molecule has 4 aromatic heterocycles. The van der Waals surface area contributed by atoms with Crippen LogP contribution in [0.15, 0.2) is 160 Å². The molecule has 0 saturated carbocycles. The third-order valence-electron chi connectivity index (χ3n) is 18.2. The number of aromatic nitrogens is 8. The smallest absolute Gasteiger partial charge is 0.333 e. The molecule has 0 unspecified atom stereocenters. The highest BCUT2D eigenvalue weighted by Crippen LogP contribution is 2.33. The van der Waals surface area contributed by atoms with E-state index in [9.17, 15) is 24.3 Å². The van der Waals surface area contributed by atoms with Crippen molar-refractivity contribution in [2.75, 3.05) is 94.0 Å². The Balaban J connectivity index is 0.000000286. The zero-order valence-corrected chi connectivity index (χ0v) is 59.0. The van der Waals surface area contributed by atoms with Crippen LogP contribution in [0.1, 0.15) is 130 Å². The number of amides is 2. The van der Waals surface area contributed by atoms with E-state index in [4.69, 9.17) is 24.5 Å². The van der Waals surface area contributed by atoms with Crippen LogP contribution in [0.5, 0.6) is 0 Å². The quantitative estimate of drug-likeness (QED) is 0.0319. The van der Waals surface area contributed by atoms with Crippen LogP contribution >= 0.6 is 15.9 Å². The number of aliphatic hydroxyl groups excluding tert-OH is 2. The van der Waals surface area contributed by atoms with Crippen molar-refractivity contribution < 1.29 is 29.3 Å². The van der Waals surface area contributed by atoms with Crippen molar-refractivity contribution in [2.45, 2.75) is 146 Å². The second kappa shape index (κ2) is 42.4. The van der Waals surface area contributed by atoms with E-state index in [0.717, 1.165) is 170 Å². The molecule has 0 spiro atoms. The number of aliphatic hydroxyl groups is 2. The minimum atomic E-state index is -0.171. The first-order valence-corrected chi connectivity index (χ1v) is 35.2. The van der Waals surface area contributed by atoms with Gasteiger partial charge >= 0.3 is 11.4 Å². The number of H-pyrrole nitrogens is 1. The highest BCUT2D eigenvalue weighted by molar-refractivity contribution is 9.10. The average Bonchev–Trinajstić information content (AvgIpc) is 1.64. The van der Waals surface area contributed by atoms with Gasteiger partial charge in [0.05, 0.1) is 76.1 Å². The number of imidazole rings is 4. The number of likely N-dealkylation sites (tertiary alicyclic amines) is 2. The molecule has 101 heavy (non-hydrogen) atoms. The second-order valence-electron chi connectivity index (χ2n) is 25.6. The summed E-state index contributed by atoms with van der Waals surface area (Å²) in [7, 11) is 7.36. The van der Waals surface area contributed by atoms with Gasteiger partial charge in [-0.3, -0.25) is 23.3 Å². The van der Waals surface area contributed by atoms with Gasteiger partial charge in [0.1, 0.15) is 11.6 Å². The Labute approximate surface area is 607 Å². The average molecular weight is 1450 g/mol. The van der Waals surface area contributed by atoms with Crippen LogP contribution in [0.2, 0.25) is 0 Å². The minimum absolute atomic E-state index is 0. The van der Waals surface area contributed by atoms with Crippen molar-refractivity contribution in [3.8, 4) is 5.69 Å². The number of nitrogens with zero attached hydrogens (tertiary/aromatic N) is 9. The van der Waals surface area contributed by atoms with E-state index in [0.29, 0.717) is 38.5 Å². The molecule has 10 aromatic rings. The molecule has 2 amide bonds. The summed E-state index contributed by atoms with van der Waals surface area (Å²) in [6.45, 7) is 13.2. The SMILES string of the molecule is C.C.C.C.CNCCNC.COCCCn1c([C@@H]2CCCN(C(=O)C[C@H](C)Cc3ccc(-n4c(=O)n(CCO)c5ccccc54)cc3)C2)nc2ccccc21.COCCCn1c([C@@H]2CCCN(C(=O)C[C@H](C)Cc3ccc(Br)cc3)C2)nc2ccccc21.O=c1[nH]c2ccccc2n1CCO. The van der Waals surface area contributed by atoms with Crippen LogP contribution in [-0.2, 0) is 58.1 Å². The number of hydrogen-bond donors (Lipinski definition) is 5. The number of nitrogens with one attached hydrogen (secondary N) is 3. The number of methoxy groups -OCH3 is 2. The molecule has 550 valence electrons. The third kappa shape index (κ3) is 22.2. The number of piperidine rings is 2. The standard InChI is InChI=1S/C36H43N5O4.C27H34BrN3O2.C9H10N2O2.C4H12N2.4CH4/c1-26(23-27-14-16-29(17-15-27)41-33-13-6-5-12-32(33)40(20-21-42)36(41)44)24-34(43)38-18-7-9-28(25-38)35-37-30-10-3-4-11-31(30)39(35)19-8-22-45-2;1-20(17-21-10-12-23(28)13-11-21)18-26(32)30-14-5-7-22(19-30)27-29-24-8-3-4-9-25(24)31(27)15-6-16-33-2;12-6-5-11-8-4-2-1-3-7(8)10-9(11)13;1-5-3-4-6-2;;;;/h3-6,10-17,26,28,42H,7-9,18-25H2,1-2H3;3-4,8-13,20,22H,5-7,14-19H2,1-2H3;1-4,12H,5-6H2,(H,10,13);5-6H,3-4H2,1-2H3;4*1H4/t26-,28-;20-,22-;;;;;;/m11....../s1. The number of fused-ring (bicyclic) bond motifs is 4. The number of halogens is 1. The summed E-state index contributed by atoms with van der Waals surface area (Å²) in [6.07, 6.45) is 8.76. The molecule has 0 aliphatic carbocycles. The van der Waals surface area contributed by atoms with E-state index in [1.54, 1.807) is 23.4 Å². The van der Waals surface area contributed by atoms with Crippen molar-refractivity contribution in [3.05, 3.63) is 194 Å². The molecular weight excluding hydrogens is 1340 g/mol. The van der Waals surface area contributed by atoms with Crippen LogP contribution in [0.25, 0.3) is 49.8 Å². The van der Waals surface area contributed by atoms with Gasteiger partial charge in [-0.2, -0.15) is 0 Å². The Morgan fingerprint density at radius 3 is 1.45 bits per heavy atom. The largest absolute Gasteiger partial charge is 0.395 e. The highest BCUT2D eigenvalue weighted by Gasteiger charge is 2.31. The number of aryl methyl sites for hydroxylation is 2. The highest BCUT2D eigenvalue weighted by atomic mass is 79.9. The zero-order valence-electron chi connectivity index (χ0n) is 57.4. The van der Waals surface area contributed by atoms with Gasteiger partial charge < -0.3 is 54.2 Å². The molecule has 2 aliphatic heterocycles. The van der Waals surface area contributed by atoms with Gasteiger partial charge in [-0.15, -0.1) is 0 Å². The predicted octanol–water partition coefficient (Wildman–Crippen LogP) is 13.2. The third-order valence-corrected chi connectivity index (χ3v) is 18.7. The van der Waals surface area contributed by atoms with E-state index in [1.165, 1.54) is 15.6 Å². The van der Waals surface area contributed by atoms with E-state index in [2.05, 4.69) is 120 Å². The van der Waals surface area contributed by atoms with Crippen molar-refractivity contribution in [3.63, 3.8) is 0 Å². The van der Waals surface area contributed by atoms with Gasteiger partial charge in [0, 0.05) is 109 Å². The Morgan fingerprint density at radius 1 is 0.554 bits per heavy atom.